The Morgan fingerprint density at radius 3 is 2.86 bits per heavy atom. The molecule has 2 heteroatoms. The number of ether oxygens (including phenoxy) is 1. The molecule has 0 saturated carbocycles. The van der Waals surface area contributed by atoms with E-state index in [4.69, 9.17) is 4.74 Å². The molecule has 0 unspecified atom stereocenters. The summed E-state index contributed by atoms with van der Waals surface area (Å²) >= 11 is 0. The Morgan fingerprint density at radius 2 is 2.21 bits per heavy atom. The first-order chi connectivity index (χ1) is 6.77. The Hall–Kier alpha value is -1.31. The van der Waals surface area contributed by atoms with E-state index in [0.717, 1.165) is 30.2 Å². The number of aromatic nitrogens is 1. The Balaban J connectivity index is 2.90. The first kappa shape index (κ1) is 10.8. The van der Waals surface area contributed by atoms with E-state index in [0.29, 0.717) is 0 Å². The predicted octanol–water partition coefficient (Wildman–Crippen LogP) is 3.21. The standard InChI is InChI=1S/C12H17NO/c1-4-6-11-8-7-10(3)13-12(11)14-9-5-2/h4,6-8H,5,9H2,1-3H3/b6-4+. The maximum atomic E-state index is 5.56. The van der Waals surface area contributed by atoms with Crippen molar-refractivity contribution in [2.24, 2.45) is 0 Å². The van der Waals surface area contributed by atoms with Gasteiger partial charge in [0, 0.05) is 11.3 Å². The van der Waals surface area contributed by atoms with E-state index < -0.39 is 0 Å². The Kier molecular flexibility index (Phi) is 4.17. The molecule has 76 valence electrons. The molecule has 0 aliphatic rings. The molecule has 0 bridgehead atoms. The van der Waals surface area contributed by atoms with Gasteiger partial charge in [0.25, 0.3) is 0 Å². The van der Waals surface area contributed by atoms with Crippen molar-refractivity contribution in [3.8, 4) is 5.88 Å². The maximum absolute atomic E-state index is 5.56. The van der Waals surface area contributed by atoms with Crippen LogP contribution < -0.4 is 4.74 Å². The fourth-order valence-electron chi connectivity index (χ4n) is 1.16. The van der Waals surface area contributed by atoms with Gasteiger partial charge in [-0.3, -0.25) is 0 Å². The third kappa shape index (κ3) is 2.87. The van der Waals surface area contributed by atoms with Gasteiger partial charge < -0.3 is 4.74 Å². The van der Waals surface area contributed by atoms with Crippen molar-refractivity contribution in [2.45, 2.75) is 27.2 Å². The zero-order valence-electron chi connectivity index (χ0n) is 9.08. The van der Waals surface area contributed by atoms with Gasteiger partial charge in [-0.25, -0.2) is 4.98 Å². The lowest BCUT2D eigenvalue weighted by Gasteiger charge is -2.07. The summed E-state index contributed by atoms with van der Waals surface area (Å²) in [7, 11) is 0. The molecule has 2 nitrogen and oxygen atoms in total. The number of allylic oxidation sites excluding steroid dienone is 1. The van der Waals surface area contributed by atoms with E-state index in [1.165, 1.54) is 0 Å². The average molecular weight is 191 g/mol. The molecule has 1 aromatic rings. The minimum atomic E-state index is 0.723. The van der Waals surface area contributed by atoms with Gasteiger partial charge in [0.1, 0.15) is 0 Å². The second-order valence-corrected chi connectivity index (χ2v) is 3.20. The molecular formula is C12H17NO. The number of hydrogen-bond donors (Lipinski definition) is 0. The topological polar surface area (TPSA) is 22.1 Å². The second kappa shape index (κ2) is 5.43. The zero-order valence-corrected chi connectivity index (χ0v) is 9.08. The van der Waals surface area contributed by atoms with Crippen molar-refractivity contribution in [3.05, 3.63) is 29.5 Å². The Morgan fingerprint density at radius 1 is 1.43 bits per heavy atom. The van der Waals surface area contributed by atoms with Gasteiger partial charge >= 0.3 is 0 Å². The van der Waals surface area contributed by atoms with E-state index in [1.54, 1.807) is 0 Å². The largest absolute Gasteiger partial charge is 0.477 e. The van der Waals surface area contributed by atoms with Crippen LogP contribution >= 0.6 is 0 Å². The number of pyridine rings is 1. The summed E-state index contributed by atoms with van der Waals surface area (Å²) in [6.07, 6.45) is 5.01. The van der Waals surface area contributed by atoms with E-state index in [9.17, 15) is 0 Å². The number of nitrogens with zero attached hydrogens (tertiary/aromatic N) is 1. The summed E-state index contributed by atoms with van der Waals surface area (Å²) < 4.78 is 5.56. The van der Waals surface area contributed by atoms with Gasteiger partial charge in [0.15, 0.2) is 0 Å². The highest BCUT2D eigenvalue weighted by atomic mass is 16.5. The van der Waals surface area contributed by atoms with Crippen LogP contribution in [0.5, 0.6) is 5.88 Å². The van der Waals surface area contributed by atoms with E-state index in [1.807, 2.05) is 38.1 Å². The van der Waals surface area contributed by atoms with E-state index >= 15 is 0 Å². The minimum absolute atomic E-state index is 0.723. The Labute approximate surface area is 85.6 Å². The molecule has 0 atom stereocenters. The molecule has 1 aromatic heterocycles. The van der Waals surface area contributed by atoms with Gasteiger partial charge in [-0.15, -0.1) is 0 Å². The van der Waals surface area contributed by atoms with Crippen molar-refractivity contribution in [1.82, 2.24) is 4.98 Å². The van der Waals surface area contributed by atoms with Gasteiger partial charge in [-0.05, 0) is 32.4 Å². The zero-order chi connectivity index (χ0) is 10.4. The second-order valence-electron chi connectivity index (χ2n) is 3.20. The van der Waals surface area contributed by atoms with Crippen LogP contribution in [0.3, 0.4) is 0 Å². The van der Waals surface area contributed by atoms with Crippen LogP contribution in [0.4, 0.5) is 0 Å². The molecule has 1 heterocycles. The van der Waals surface area contributed by atoms with Crippen molar-refractivity contribution < 1.29 is 4.74 Å². The molecular weight excluding hydrogens is 174 g/mol. The molecule has 0 spiro atoms. The van der Waals surface area contributed by atoms with Crippen LogP contribution in [0.1, 0.15) is 31.5 Å². The first-order valence-corrected chi connectivity index (χ1v) is 5.01. The highest BCUT2D eigenvalue weighted by Crippen LogP contribution is 2.17. The quantitative estimate of drug-likeness (QED) is 0.729. The summed E-state index contributed by atoms with van der Waals surface area (Å²) in [5, 5.41) is 0. The molecule has 0 saturated heterocycles. The van der Waals surface area contributed by atoms with Gasteiger partial charge in [-0.1, -0.05) is 19.1 Å². The number of aryl methyl sites for hydroxylation is 1. The lowest BCUT2D eigenvalue weighted by molar-refractivity contribution is 0.304. The third-order valence-electron chi connectivity index (χ3n) is 1.82. The molecule has 14 heavy (non-hydrogen) atoms. The van der Waals surface area contributed by atoms with Crippen molar-refractivity contribution in [3.63, 3.8) is 0 Å². The highest BCUT2D eigenvalue weighted by molar-refractivity contribution is 5.54. The Bertz CT molecular complexity index is 318. The fraction of sp³-hybridized carbons (Fsp3) is 0.417. The lowest BCUT2D eigenvalue weighted by atomic mass is 10.2. The molecule has 0 aliphatic carbocycles. The normalized spacial score (nSPS) is 10.8. The molecule has 0 fully saturated rings. The third-order valence-corrected chi connectivity index (χ3v) is 1.82. The molecule has 1 rings (SSSR count). The van der Waals surface area contributed by atoms with Gasteiger partial charge in [-0.2, -0.15) is 0 Å². The molecule has 0 aromatic carbocycles. The first-order valence-electron chi connectivity index (χ1n) is 5.01. The van der Waals surface area contributed by atoms with E-state index in [-0.39, 0.29) is 0 Å². The molecule has 0 radical (unpaired) electrons. The van der Waals surface area contributed by atoms with Gasteiger partial charge in [0.2, 0.25) is 5.88 Å². The summed E-state index contributed by atoms with van der Waals surface area (Å²) in [5.74, 6) is 0.741. The number of hydrogen-bond acceptors (Lipinski definition) is 2. The van der Waals surface area contributed by atoms with Crippen LogP contribution in [-0.2, 0) is 0 Å². The summed E-state index contributed by atoms with van der Waals surface area (Å²) in [5.41, 5.74) is 2.04. The smallest absolute Gasteiger partial charge is 0.220 e. The number of rotatable bonds is 4. The lowest BCUT2D eigenvalue weighted by Crippen LogP contribution is -2.00. The fourth-order valence-corrected chi connectivity index (χ4v) is 1.16. The molecule has 0 N–H and O–H groups in total. The van der Waals surface area contributed by atoms with Crippen LogP contribution in [-0.4, -0.2) is 11.6 Å². The SMILES string of the molecule is C/C=C/c1ccc(C)nc1OCCC. The maximum Gasteiger partial charge on any atom is 0.220 e. The molecule has 0 aliphatic heterocycles. The van der Waals surface area contributed by atoms with Gasteiger partial charge in [0.05, 0.1) is 6.61 Å². The highest BCUT2D eigenvalue weighted by Gasteiger charge is 2.01. The summed E-state index contributed by atoms with van der Waals surface area (Å²) in [6.45, 7) is 6.77. The predicted molar refractivity (Wildman–Crippen MR) is 59.5 cm³/mol. The van der Waals surface area contributed by atoms with Crippen molar-refractivity contribution in [2.75, 3.05) is 6.61 Å². The summed E-state index contributed by atoms with van der Waals surface area (Å²) in [6, 6.07) is 4.03. The van der Waals surface area contributed by atoms with Crippen LogP contribution in [0.15, 0.2) is 18.2 Å². The summed E-state index contributed by atoms with van der Waals surface area (Å²) in [4.78, 5) is 4.36. The van der Waals surface area contributed by atoms with E-state index in [2.05, 4.69) is 11.9 Å². The monoisotopic (exact) mass is 191 g/mol. The minimum Gasteiger partial charge on any atom is -0.477 e. The van der Waals surface area contributed by atoms with Crippen LogP contribution in [0, 0.1) is 6.92 Å². The van der Waals surface area contributed by atoms with Crippen molar-refractivity contribution in [1.29, 1.82) is 0 Å². The average Bonchev–Trinajstić information content (AvgIpc) is 2.18. The van der Waals surface area contributed by atoms with Crippen molar-refractivity contribution >= 4 is 6.08 Å². The van der Waals surface area contributed by atoms with Crippen LogP contribution in [0.25, 0.3) is 6.08 Å². The van der Waals surface area contributed by atoms with Crippen LogP contribution in [0.2, 0.25) is 0 Å². The molecule has 0 amide bonds.